The molecule has 0 amide bonds. The molecule has 3 N–H and O–H groups in total. The quantitative estimate of drug-likeness (QED) is 0.497. The zero-order chi connectivity index (χ0) is 24.3. The van der Waals surface area contributed by atoms with Crippen LogP contribution in [0.15, 0.2) is 54.1 Å². The molecule has 6 nitrogen and oxygen atoms in total. The molecule has 0 bridgehead atoms. The molecule has 3 atom stereocenters. The van der Waals surface area contributed by atoms with Crippen LogP contribution in [0.25, 0.3) is 11.1 Å². The van der Waals surface area contributed by atoms with Gasteiger partial charge in [-0.15, -0.1) is 0 Å². The smallest absolute Gasteiger partial charge is 0.153 e. The van der Waals surface area contributed by atoms with Crippen molar-refractivity contribution in [3.8, 4) is 16.9 Å². The van der Waals surface area contributed by atoms with Crippen LogP contribution < -0.4 is 10.1 Å². The monoisotopic (exact) mass is 466 g/mol. The summed E-state index contributed by atoms with van der Waals surface area (Å²) in [7, 11) is 1.47. The largest absolute Gasteiger partial charge is 0.494 e. The van der Waals surface area contributed by atoms with Gasteiger partial charge in [-0.25, -0.2) is 8.78 Å². The fraction of sp³-hybridized carbons (Fsp3) is 0.385. The molecule has 8 heteroatoms. The van der Waals surface area contributed by atoms with Gasteiger partial charge in [0.2, 0.25) is 0 Å². The molecule has 178 valence electrons. The van der Waals surface area contributed by atoms with Crippen LogP contribution in [0.3, 0.4) is 0 Å². The number of anilines is 1. The summed E-state index contributed by atoms with van der Waals surface area (Å²) in [6.07, 6.45) is 3.02. The Morgan fingerprint density at radius 3 is 2.76 bits per heavy atom. The number of alkyl halides is 1. The first-order valence-electron chi connectivity index (χ1n) is 11.4. The molecular weight excluding hydrogens is 438 g/mol. The number of ether oxygens (including phenoxy) is 1. The van der Waals surface area contributed by atoms with Crippen molar-refractivity contribution in [3.05, 3.63) is 71.1 Å². The van der Waals surface area contributed by atoms with Crippen molar-refractivity contribution < 1.29 is 18.6 Å². The van der Waals surface area contributed by atoms with Gasteiger partial charge in [0.1, 0.15) is 17.7 Å². The summed E-state index contributed by atoms with van der Waals surface area (Å²) in [5, 5.41) is 21.8. The van der Waals surface area contributed by atoms with Crippen LogP contribution in [-0.4, -0.2) is 39.7 Å². The number of rotatable bonds is 4. The van der Waals surface area contributed by atoms with Crippen LogP contribution in [0.5, 0.6) is 5.75 Å². The van der Waals surface area contributed by atoms with Gasteiger partial charge in [-0.3, -0.25) is 10.1 Å². The molecule has 0 saturated heterocycles. The molecule has 2 aliphatic rings. The third kappa shape index (κ3) is 3.08. The maximum absolute atomic E-state index is 15.8. The lowest BCUT2D eigenvalue weighted by atomic mass is 9.59. The second-order valence-electron chi connectivity index (χ2n) is 9.72. The summed E-state index contributed by atoms with van der Waals surface area (Å²) in [5.41, 5.74) is 1.93. The second-order valence-corrected chi connectivity index (χ2v) is 9.72. The molecule has 3 heterocycles. The molecule has 0 saturated carbocycles. The van der Waals surface area contributed by atoms with E-state index in [-0.39, 0.29) is 6.42 Å². The number of methoxy groups -OCH3 is 1. The van der Waals surface area contributed by atoms with Gasteiger partial charge in [0, 0.05) is 11.0 Å². The number of aromatic amines is 1. The van der Waals surface area contributed by atoms with E-state index in [1.165, 1.54) is 13.3 Å². The van der Waals surface area contributed by atoms with Crippen molar-refractivity contribution in [1.29, 1.82) is 0 Å². The lowest BCUT2D eigenvalue weighted by molar-refractivity contribution is 0.0619. The first-order valence-corrected chi connectivity index (χ1v) is 11.4. The summed E-state index contributed by atoms with van der Waals surface area (Å²) in [6.45, 7) is 5.65. The Labute approximate surface area is 197 Å². The zero-order valence-electron chi connectivity index (χ0n) is 19.6. The van der Waals surface area contributed by atoms with Crippen molar-refractivity contribution in [2.75, 3.05) is 12.4 Å². The van der Waals surface area contributed by atoms with Gasteiger partial charge in [-0.1, -0.05) is 39.0 Å². The van der Waals surface area contributed by atoms with E-state index in [1.807, 2.05) is 39.0 Å². The average Bonchev–Trinajstić information content (AvgIpc) is 3.30. The van der Waals surface area contributed by atoms with E-state index >= 15 is 4.39 Å². The highest BCUT2D eigenvalue weighted by molar-refractivity contribution is 5.74. The predicted molar refractivity (Wildman–Crippen MR) is 126 cm³/mol. The van der Waals surface area contributed by atoms with E-state index in [0.29, 0.717) is 40.4 Å². The highest BCUT2D eigenvalue weighted by Crippen LogP contribution is 2.56. The molecule has 1 aliphatic carbocycles. The molecule has 0 spiro atoms. The van der Waals surface area contributed by atoms with E-state index in [0.717, 1.165) is 17.3 Å². The number of allylic oxidation sites excluding steroid dienone is 1. The van der Waals surface area contributed by atoms with Gasteiger partial charge < -0.3 is 15.2 Å². The van der Waals surface area contributed by atoms with Gasteiger partial charge in [0.15, 0.2) is 5.82 Å². The Hall–Kier alpha value is -3.26. The third-order valence-corrected chi connectivity index (χ3v) is 7.36. The van der Waals surface area contributed by atoms with Crippen LogP contribution >= 0.6 is 0 Å². The number of hydrogen-bond donors (Lipinski definition) is 3. The Balaban J connectivity index is 1.78. The Morgan fingerprint density at radius 2 is 2.03 bits per heavy atom. The van der Waals surface area contributed by atoms with E-state index < -0.39 is 28.9 Å². The highest BCUT2D eigenvalue weighted by atomic mass is 19.1. The van der Waals surface area contributed by atoms with Crippen LogP contribution in [0.4, 0.5) is 14.6 Å². The number of nitrogens with zero attached hydrogens (tertiary/aromatic N) is 2. The zero-order valence-corrected chi connectivity index (χ0v) is 19.6. The number of aliphatic hydroxyl groups excluding tert-OH is 1. The van der Waals surface area contributed by atoms with Crippen LogP contribution in [-0.2, 0) is 5.41 Å². The number of H-pyrrole nitrogens is 1. The molecule has 5 rings (SSSR count). The maximum Gasteiger partial charge on any atom is 0.153 e. The summed E-state index contributed by atoms with van der Waals surface area (Å²) in [5.74, 6) is 0.422. The minimum Gasteiger partial charge on any atom is -0.494 e. The van der Waals surface area contributed by atoms with Gasteiger partial charge in [0.25, 0.3) is 0 Å². The van der Waals surface area contributed by atoms with Crippen LogP contribution in [0.1, 0.15) is 44.7 Å². The van der Waals surface area contributed by atoms with E-state index in [1.54, 1.807) is 12.3 Å². The maximum atomic E-state index is 15.8. The molecule has 0 radical (unpaired) electrons. The topological polar surface area (TPSA) is 83.1 Å². The third-order valence-electron chi connectivity index (χ3n) is 7.36. The summed E-state index contributed by atoms with van der Waals surface area (Å²) >= 11 is 0. The van der Waals surface area contributed by atoms with Gasteiger partial charge >= 0.3 is 0 Å². The number of pyridine rings is 1. The van der Waals surface area contributed by atoms with Gasteiger partial charge in [0.05, 0.1) is 48.5 Å². The lowest BCUT2D eigenvalue weighted by Crippen LogP contribution is -2.49. The number of aliphatic hydroxyl groups is 1. The van der Waals surface area contributed by atoms with Crippen molar-refractivity contribution in [3.63, 3.8) is 0 Å². The minimum atomic E-state index is -1.30. The number of hydrogen-bond acceptors (Lipinski definition) is 5. The fourth-order valence-corrected chi connectivity index (χ4v) is 5.73. The molecule has 34 heavy (non-hydrogen) atoms. The second kappa shape index (κ2) is 7.91. The number of aromatic nitrogens is 3. The molecule has 0 fully saturated rings. The Kier molecular flexibility index (Phi) is 5.24. The van der Waals surface area contributed by atoms with Crippen molar-refractivity contribution >= 4 is 5.82 Å². The molecule has 0 unspecified atom stereocenters. The van der Waals surface area contributed by atoms with Crippen molar-refractivity contribution in [2.24, 2.45) is 5.41 Å². The first-order chi connectivity index (χ1) is 16.2. The first kappa shape index (κ1) is 22.5. The molecule has 1 aliphatic heterocycles. The molecule has 1 aromatic carbocycles. The average molecular weight is 467 g/mol. The lowest BCUT2D eigenvalue weighted by Gasteiger charge is -2.49. The highest BCUT2D eigenvalue weighted by Gasteiger charge is 2.53. The van der Waals surface area contributed by atoms with Gasteiger partial charge in [-0.2, -0.15) is 5.10 Å². The summed E-state index contributed by atoms with van der Waals surface area (Å²) < 4.78 is 36.1. The van der Waals surface area contributed by atoms with Crippen LogP contribution in [0.2, 0.25) is 0 Å². The number of nitrogens with one attached hydrogen (secondary N) is 2. The molecule has 2 aromatic heterocycles. The minimum absolute atomic E-state index is 0.288. The SMILES string of the molecule is CC[C@@]1(c2cccc(-c3c(F)cncc3OC)c2)C2=C(Nc3[nH]ncc31)[C@H](F)C(C)(C)C[C@H]2O. The Bertz CT molecular complexity index is 1290. The number of fused-ring (bicyclic) bond motifs is 1. The number of benzene rings is 1. The van der Waals surface area contributed by atoms with Crippen LogP contribution in [0, 0.1) is 11.2 Å². The van der Waals surface area contributed by atoms with E-state index in [2.05, 4.69) is 20.5 Å². The Morgan fingerprint density at radius 1 is 1.24 bits per heavy atom. The van der Waals surface area contributed by atoms with Crippen molar-refractivity contribution in [2.45, 2.75) is 51.3 Å². The molecular formula is C26H28F2N4O2. The normalized spacial score (nSPS) is 25.4. The standard InChI is InChI=1S/C26H28F2N4O2/c1-5-26(15-8-6-7-14(9-15)20-17(27)12-29-13-19(20)34-4)16-11-30-32-24(16)31-22-21(26)18(33)10-25(2,3)23(22)28/h6-9,11-13,18,23,33H,5,10H2,1-4H3,(H2,30,31,32)/t18-,23+,26+/m1/s1. The number of halogens is 2. The van der Waals surface area contributed by atoms with E-state index in [4.69, 9.17) is 4.74 Å². The van der Waals surface area contributed by atoms with Crippen molar-refractivity contribution in [1.82, 2.24) is 15.2 Å². The summed E-state index contributed by atoms with van der Waals surface area (Å²) in [4.78, 5) is 3.89. The predicted octanol–water partition coefficient (Wildman–Crippen LogP) is 5.12. The molecule has 3 aromatic rings. The summed E-state index contributed by atoms with van der Waals surface area (Å²) in [6, 6.07) is 7.47. The fourth-order valence-electron chi connectivity index (χ4n) is 5.73. The van der Waals surface area contributed by atoms with Gasteiger partial charge in [-0.05, 0) is 35.6 Å². The van der Waals surface area contributed by atoms with E-state index in [9.17, 15) is 9.50 Å².